The molecule has 0 radical (unpaired) electrons. The van der Waals surface area contributed by atoms with E-state index in [1.54, 1.807) is 6.07 Å². The molecule has 24 heavy (non-hydrogen) atoms. The predicted molar refractivity (Wildman–Crippen MR) is 91.4 cm³/mol. The Balaban J connectivity index is 1.43. The summed E-state index contributed by atoms with van der Waals surface area (Å²) < 4.78 is 1.53. The fourth-order valence-electron chi connectivity index (χ4n) is 4.15. The second-order valence-electron chi connectivity index (χ2n) is 6.97. The maximum absolute atomic E-state index is 12.5. The SMILES string of the molecule is NC1CCC2CN(C(=O)CCn3cnc4ccccc4c3=O)CC12. The molecule has 1 saturated heterocycles. The third-order valence-electron chi connectivity index (χ3n) is 5.56. The number of hydrogen-bond acceptors (Lipinski definition) is 4. The first-order valence-electron chi connectivity index (χ1n) is 8.61. The number of hydrogen-bond donors (Lipinski definition) is 1. The lowest BCUT2D eigenvalue weighted by Crippen LogP contribution is -2.34. The molecule has 6 heteroatoms. The van der Waals surface area contributed by atoms with Crippen molar-refractivity contribution in [3.63, 3.8) is 0 Å². The van der Waals surface area contributed by atoms with Gasteiger partial charge in [0, 0.05) is 32.1 Å². The van der Waals surface area contributed by atoms with Crippen molar-refractivity contribution in [3.8, 4) is 0 Å². The average Bonchev–Trinajstić information content (AvgIpc) is 3.17. The number of aromatic nitrogens is 2. The van der Waals surface area contributed by atoms with Crippen molar-refractivity contribution in [2.45, 2.75) is 31.8 Å². The van der Waals surface area contributed by atoms with Crippen LogP contribution in [-0.4, -0.2) is 39.5 Å². The van der Waals surface area contributed by atoms with E-state index < -0.39 is 0 Å². The highest BCUT2D eigenvalue weighted by molar-refractivity contribution is 5.77. The molecule has 2 aliphatic rings. The largest absolute Gasteiger partial charge is 0.342 e. The zero-order valence-electron chi connectivity index (χ0n) is 13.6. The highest BCUT2D eigenvalue weighted by Crippen LogP contribution is 2.37. The van der Waals surface area contributed by atoms with Crippen molar-refractivity contribution in [1.82, 2.24) is 14.5 Å². The van der Waals surface area contributed by atoms with Crippen molar-refractivity contribution in [2.24, 2.45) is 17.6 Å². The third kappa shape index (κ3) is 2.60. The minimum absolute atomic E-state index is 0.0892. The van der Waals surface area contributed by atoms with Gasteiger partial charge in [0.05, 0.1) is 17.2 Å². The van der Waals surface area contributed by atoms with E-state index in [1.807, 2.05) is 23.1 Å². The van der Waals surface area contributed by atoms with Crippen molar-refractivity contribution in [1.29, 1.82) is 0 Å². The van der Waals surface area contributed by atoms with Gasteiger partial charge in [-0.25, -0.2) is 4.98 Å². The summed E-state index contributed by atoms with van der Waals surface area (Å²) in [5, 5.41) is 0.592. The average molecular weight is 326 g/mol. The summed E-state index contributed by atoms with van der Waals surface area (Å²) in [6, 6.07) is 7.51. The molecule has 4 rings (SSSR count). The number of para-hydroxylation sites is 1. The van der Waals surface area contributed by atoms with Crippen LogP contribution in [0.15, 0.2) is 35.4 Å². The van der Waals surface area contributed by atoms with Crippen LogP contribution in [0.25, 0.3) is 10.9 Å². The standard InChI is InChI=1S/C18H22N4O2/c19-15-6-5-12-9-22(10-14(12)15)17(23)7-8-21-11-20-16-4-2-1-3-13(16)18(21)24/h1-4,11-12,14-15H,5-10,19H2. The highest BCUT2D eigenvalue weighted by atomic mass is 16.2. The number of rotatable bonds is 3. The van der Waals surface area contributed by atoms with Crippen LogP contribution in [-0.2, 0) is 11.3 Å². The van der Waals surface area contributed by atoms with E-state index in [1.165, 1.54) is 10.9 Å². The first-order valence-corrected chi connectivity index (χ1v) is 8.61. The van der Waals surface area contributed by atoms with E-state index in [4.69, 9.17) is 5.73 Å². The Hall–Kier alpha value is -2.21. The van der Waals surface area contributed by atoms with Gasteiger partial charge in [-0.3, -0.25) is 14.2 Å². The number of carbonyl (C=O) groups is 1. The number of nitrogens with two attached hydrogens (primary N) is 1. The molecule has 3 atom stereocenters. The Morgan fingerprint density at radius 3 is 2.92 bits per heavy atom. The van der Waals surface area contributed by atoms with Gasteiger partial charge in [-0.05, 0) is 36.8 Å². The third-order valence-corrected chi connectivity index (χ3v) is 5.56. The van der Waals surface area contributed by atoms with Crippen LogP contribution in [0, 0.1) is 11.8 Å². The molecular formula is C18H22N4O2. The van der Waals surface area contributed by atoms with E-state index in [9.17, 15) is 9.59 Å². The van der Waals surface area contributed by atoms with Crippen LogP contribution < -0.4 is 11.3 Å². The molecule has 2 N–H and O–H groups in total. The molecule has 1 amide bonds. The second-order valence-corrected chi connectivity index (χ2v) is 6.97. The van der Waals surface area contributed by atoms with Crippen LogP contribution in [0.5, 0.6) is 0 Å². The topological polar surface area (TPSA) is 81.2 Å². The Labute approximate surface area is 140 Å². The summed E-state index contributed by atoms with van der Waals surface area (Å²) in [4.78, 5) is 31.1. The van der Waals surface area contributed by atoms with Gasteiger partial charge in [0.15, 0.2) is 0 Å². The molecule has 6 nitrogen and oxygen atoms in total. The number of aryl methyl sites for hydroxylation is 1. The van der Waals surface area contributed by atoms with Crippen molar-refractivity contribution in [3.05, 3.63) is 40.9 Å². The van der Waals surface area contributed by atoms with Gasteiger partial charge in [-0.1, -0.05) is 12.1 Å². The van der Waals surface area contributed by atoms with E-state index in [-0.39, 0.29) is 17.5 Å². The molecule has 2 heterocycles. The van der Waals surface area contributed by atoms with Crippen LogP contribution in [0.3, 0.4) is 0 Å². The van der Waals surface area contributed by atoms with Gasteiger partial charge < -0.3 is 10.6 Å². The lowest BCUT2D eigenvalue weighted by molar-refractivity contribution is -0.130. The number of amides is 1. The summed E-state index contributed by atoms with van der Waals surface area (Å²) in [5.41, 5.74) is 6.73. The number of nitrogens with zero attached hydrogens (tertiary/aromatic N) is 3. The summed E-state index contributed by atoms with van der Waals surface area (Å²) in [6.07, 6.45) is 4.07. The molecule has 1 aliphatic carbocycles. The quantitative estimate of drug-likeness (QED) is 0.912. The van der Waals surface area contributed by atoms with Crippen LogP contribution in [0.4, 0.5) is 0 Å². The number of fused-ring (bicyclic) bond motifs is 2. The zero-order chi connectivity index (χ0) is 16.7. The molecule has 1 aromatic carbocycles. The molecule has 0 spiro atoms. The Morgan fingerprint density at radius 1 is 1.25 bits per heavy atom. The molecule has 3 unspecified atom stereocenters. The minimum atomic E-state index is -0.0892. The Kier molecular flexibility index (Phi) is 3.84. The van der Waals surface area contributed by atoms with Gasteiger partial charge >= 0.3 is 0 Å². The number of benzene rings is 1. The molecule has 2 fully saturated rings. The fourth-order valence-corrected chi connectivity index (χ4v) is 4.15. The van der Waals surface area contributed by atoms with Gasteiger partial charge in [-0.15, -0.1) is 0 Å². The molecule has 1 aromatic heterocycles. The summed E-state index contributed by atoms with van der Waals surface area (Å²) in [5.74, 6) is 1.13. The number of likely N-dealkylation sites (tertiary alicyclic amines) is 1. The van der Waals surface area contributed by atoms with E-state index in [0.29, 0.717) is 35.7 Å². The van der Waals surface area contributed by atoms with Crippen LogP contribution in [0.1, 0.15) is 19.3 Å². The first-order chi connectivity index (χ1) is 11.6. The Morgan fingerprint density at radius 2 is 2.08 bits per heavy atom. The Bertz CT molecular complexity index is 831. The molecule has 1 aliphatic heterocycles. The number of carbonyl (C=O) groups excluding carboxylic acids is 1. The van der Waals surface area contributed by atoms with Gasteiger partial charge in [-0.2, -0.15) is 0 Å². The monoisotopic (exact) mass is 326 g/mol. The normalized spacial score (nSPS) is 26.0. The smallest absolute Gasteiger partial charge is 0.261 e. The summed E-state index contributed by atoms with van der Waals surface area (Å²) in [6.45, 7) is 1.96. The second kappa shape index (κ2) is 6.02. The van der Waals surface area contributed by atoms with Crippen molar-refractivity contribution >= 4 is 16.8 Å². The lowest BCUT2D eigenvalue weighted by Gasteiger charge is -2.19. The van der Waals surface area contributed by atoms with Crippen molar-refractivity contribution < 1.29 is 4.79 Å². The molecule has 2 aromatic rings. The summed E-state index contributed by atoms with van der Waals surface area (Å²) >= 11 is 0. The molecule has 1 saturated carbocycles. The van der Waals surface area contributed by atoms with Gasteiger partial charge in [0.1, 0.15) is 0 Å². The summed E-state index contributed by atoms with van der Waals surface area (Å²) in [7, 11) is 0. The fraction of sp³-hybridized carbons (Fsp3) is 0.500. The van der Waals surface area contributed by atoms with E-state index in [2.05, 4.69) is 4.98 Å². The lowest BCUT2D eigenvalue weighted by atomic mass is 9.98. The van der Waals surface area contributed by atoms with Gasteiger partial charge in [0.2, 0.25) is 5.91 Å². The maximum atomic E-state index is 12.5. The zero-order valence-corrected chi connectivity index (χ0v) is 13.6. The van der Waals surface area contributed by atoms with Crippen molar-refractivity contribution in [2.75, 3.05) is 13.1 Å². The predicted octanol–water partition coefficient (Wildman–Crippen LogP) is 0.982. The molecule has 126 valence electrons. The highest BCUT2D eigenvalue weighted by Gasteiger charge is 2.42. The minimum Gasteiger partial charge on any atom is -0.342 e. The van der Waals surface area contributed by atoms with E-state index in [0.717, 1.165) is 25.9 Å². The van der Waals surface area contributed by atoms with Crippen LogP contribution >= 0.6 is 0 Å². The van der Waals surface area contributed by atoms with Gasteiger partial charge in [0.25, 0.3) is 5.56 Å². The maximum Gasteiger partial charge on any atom is 0.261 e. The van der Waals surface area contributed by atoms with Crippen LogP contribution in [0.2, 0.25) is 0 Å². The first kappa shape index (κ1) is 15.3. The molecule has 0 bridgehead atoms. The van der Waals surface area contributed by atoms with E-state index >= 15 is 0 Å². The molecular weight excluding hydrogens is 304 g/mol.